The van der Waals surface area contributed by atoms with Crippen molar-refractivity contribution in [3.63, 3.8) is 0 Å². The minimum absolute atomic E-state index is 0.643. The molecule has 3 nitrogen and oxygen atoms in total. The van der Waals surface area contributed by atoms with Gasteiger partial charge < -0.3 is 9.73 Å². The molecule has 4 atom stereocenters. The summed E-state index contributed by atoms with van der Waals surface area (Å²) in [6.45, 7) is 0. The molecule has 3 aliphatic rings. The van der Waals surface area contributed by atoms with E-state index < -0.39 is 0 Å². The number of anilines is 1. The van der Waals surface area contributed by atoms with Crippen LogP contribution in [0, 0.1) is 23.7 Å². The van der Waals surface area contributed by atoms with Crippen molar-refractivity contribution in [1.82, 2.24) is 4.98 Å². The van der Waals surface area contributed by atoms with Crippen LogP contribution < -0.4 is 5.32 Å². The van der Waals surface area contributed by atoms with Gasteiger partial charge in [0.1, 0.15) is 5.52 Å². The molecule has 2 aromatic rings. The summed E-state index contributed by atoms with van der Waals surface area (Å²) in [7, 11) is 0. The number of hydrogen-bond donors (Lipinski definition) is 1. The van der Waals surface area contributed by atoms with Crippen molar-refractivity contribution in [3.05, 3.63) is 24.3 Å². The molecule has 3 saturated carbocycles. The van der Waals surface area contributed by atoms with Crippen molar-refractivity contribution in [1.29, 1.82) is 0 Å². The van der Waals surface area contributed by atoms with Crippen LogP contribution in [0.2, 0.25) is 0 Å². The van der Waals surface area contributed by atoms with Gasteiger partial charge in [-0.3, -0.25) is 0 Å². The molecule has 2 bridgehead atoms. The molecule has 0 radical (unpaired) electrons. The summed E-state index contributed by atoms with van der Waals surface area (Å²) in [5, 5.41) is 3.53. The van der Waals surface area contributed by atoms with Crippen molar-refractivity contribution in [2.24, 2.45) is 23.7 Å². The zero-order chi connectivity index (χ0) is 11.7. The molecule has 1 aromatic heterocycles. The number of aromatic nitrogens is 1. The third kappa shape index (κ3) is 1.12. The Morgan fingerprint density at radius 1 is 1.11 bits per heavy atom. The SMILES string of the molecule is c1ccc2oc(NC3C4C5CCC(C5)C34)nc2c1. The van der Waals surface area contributed by atoms with Gasteiger partial charge in [-0.25, -0.2) is 0 Å². The number of oxazole rings is 1. The smallest absolute Gasteiger partial charge is 0.295 e. The number of hydrogen-bond acceptors (Lipinski definition) is 3. The molecule has 0 amide bonds. The maximum absolute atomic E-state index is 5.75. The predicted octanol–water partition coefficient (Wildman–Crippen LogP) is 3.28. The van der Waals surface area contributed by atoms with Crippen molar-refractivity contribution in [2.75, 3.05) is 5.32 Å². The molecule has 92 valence electrons. The zero-order valence-electron chi connectivity index (χ0n) is 10.2. The minimum atomic E-state index is 0.643. The van der Waals surface area contributed by atoms with Crippen LogP contribution in [0.4, 0.5) is 6.01 Å². The Morgan fingerprint density at radius 2 is 1.89 bits per heavy atom. The van der Waals surface area contributed by atoms with E-state index in [4.69, 9.17) is 4.42 Å². The lowest BCUT2D eigenvalue weighted by Gasteiger charge is -2.08. The normalized spacial score (nSPS) is 40.1. The number of para-hydroxylation sites is 2. The van der Waals surface area contributed by atoms with Crippen molar-refractivity contribution < 1.29 is 4.42 Å². The first-order valence-corrected chi connectivity index (χ1v) is 7.02. The van der Waals surface area contributed by atoms with E-state index in [0.29, 0.717) is 6.04 Å². The number of fused-ring (bicyclic) bond motifs is 6. The molecule has 3 heteroatoms. The van der Waals surface area contributed by atoms with Gasteiger partial charge in [0.2, 0.25) is 0 Å². The second-order valence-corrected chi connectivity index (χ2v) is 6.14. The molecule has 3 fully saturated rings. The highest BCUT2D eigenvalue weighted by molar-refractivity contribution is 5.74. The lowest BCUT2D eigenvalue weighted by molar-refractivity contribution is 0.456. The highest BCUT2D eigenvalue weighted by Crippen LogP contribution is 2.66. The van der Waals surface area contributed by atoms with Crippen LogP contribution in [0.3, 0.4) is 0 Å². The maximum Gasteiger partial charge on any atom is 0.295 e. The summed E-state index contributed by atoms with van der Waals surface area (Å²) >= 11 is 0. The van der Waals surface area contributed by atoms with Crippen molar-refractivity contribution >= 4 is 17.1 Å². The third-order valence-electron chi connectivity index (χ3n) is 5.32. The summed E-state index contributed by atoms with van der Waals surface area (Å²) in [5.74, 6) is 3.81. The van der Waals surface area contributed by atoms with E-state index >= 15 is 0 Å². The number of rotatable bonds is 2. The largest absolute Gasteiger partial charge is 0.424 e. The molecule has 0 saturated heterocycles. The Bertz CT molecular complexity index is 571. The van der Waals surface area contributed by atoms with Gasteiger partial charge in [0, 0.05) is 6.04 Å². The molecule has 1 heterocycles. The van der Waals surface area contributed by atoms with E-state index in [-0.39, 0.29) is 0 Å². The fraction of sp³-hybridized carbons (Fsp3) is 0.533. The Morgan fingerprint density at radius 3 is 2.67 bits per heavy atom. The highest BCUT2D eigenvalue weighted by Gasteiger charge is 2.65. The van der Waals surface area contributed by atoms with Crippen LogP contribution in [0.1, 0.15) is 19.3 Å². The summed E-state index contributed by atoms with van der Waals surface area (Å²) in [6.07, 6.45) is 4.40. The Labute approximate surface area is 106 Å². The Hall–Kier alpha value is -1.51. The van der Waals surface area contributed by atoms with Crippen LogP contribution in [-0.2, 0) is 0 Å². The predicted molar refractivity (Wildman–Crippen MR) is 69.2 cm³/mol. The van der Waals surface area contributed by atoms with E-state index in [9.17, 15) is 0 Å². The van der Waals surface area contributed by atoms with Gasteiger partial charge >= 0.3 is 0 Å². The second-order valence-electron chi connectivity index (χ2n) is 6.14. The van der Waals surface area contributed by atoms with Crippen molar-refractivity contribution in [2.45, 2.75) is 25.3 Å². The van der Waals surface area contributed by atoms with E-state index in [1.807, 2.05) is 24.3 Å². The molecular formula is C15H16N2O. The van der Waals surface area contributed by atoms with Gasteiger partial charge in [-0.15, -0.1) is 0 Å². The Kier molecular flexibility index (Phi) is 1.61. The first-order chi connectivity index (χ1) is 8.90. The molecule has 1 N–H and O–H groups in total. The average Bonchev–Trinajstić information content (AvgIpc) is 2.79. The fourth-order valence-electron chi connectivity index (χ4n) is 4.59. The van der Waals surface area contributed by atoms with Crippen LogP contribution in [0.15, 0.2) is 28.7 Å². The lowest BCUT2D eigenvalue weighted by Crippen LogP contribution is -2.12. The van der Waals surface area contributed by atoms with Gasteiger partial charge in [0.25, 0.3) is 6.01 Å². The molecule has 3 aliphatic carbocycles. The van der Waals surface area contributed by atoms with Gasteiger partial charge in [0.15, 0.2) is 5.58 Å². The van der Waals surface area contributed by atoms with Gasteiger partial charge in [0.05, 0.1) is 0 Å². The standard InChI is InChI=1S/C15H16N2O/c1-2-4-11-10(3-1)16-15(18-11)17-14-12-8-5-6-9(7-8)13(12)14/h1-4,8-9,12-14H,5-7H2,(H,16,17). The maximum atomic E-state index is 5.75. The Balaban J connectivity index is 1.42. The number of benzene rings is 1. The molecule has 18 heavy (non-hydrogen) atoms. The number of nitrogens with zero attached hydrogens (tertiary/aromatic N) is 1. The van der Waals surface area contributed by atoms with Crippen LogP contribution >= 0.6 is 0 Å². The molecule has 4 unspecified atom stereocenters. The van der Waals surface area contributed by atoms with E-state index in [1.54, 1.807) is 0 Å². The van der Waals surface area contributed by atoms with Crippen LogP contribution in [-0.4, -0.2) is 11.0 Å². The molecule has 0 spiro atoms. The quantitative estimate of drug-likeness (QED) is 0.875. The van der Waals surface area contributed by atoms with Crippen LogP contribution in [0.25, 0.3) is 11.1 Å². The topological polar surface area (TPSA) is 38.1 Å². The minimum Gasteiger partial charge on any atom is -0.424 e. The molecule has 0 aliphatic heterocycles. The lowest BCUT2D eigenvalue weighted by atomic mass is 10.0. The monoisotopic (exact) mass is 240 g/mol. The first kappa shape index (κ1) is 9.42. The fourth-order valence-corrected chi connectivity index (χ4v) is 4.59. The first-order valence-electron chi connectivity index (χ1n) is 7.02. The van der Waals surface area contributed by atoms with Gasteiger partial charge in [-0.1, -0.05) is 12.1 Å². The second kappa shape index (κ2) is 3.08. The third-order valence-corrected chi connectivity index (χ3v) is 5.32. The van der Waals surface area contributed by atoms with E-state index in [0.717, 1.165) is 40.8 Å². The van der Waals surface area contributed by atoms with E-state index in [2.05, 4.69) is 10.3 Å². The molecule has 5 rings (SSSR count). The van der Waals surface area contributed by atoms with Crippen molar-refractivity contribution in [3.8, 4) is 0 Å². The summed E-state index contributed by atoms with van der Waals surface area (Å²) < 4.78 is 5.75. The molecule has 1 aromatic carbocycles. The van der Waals surface area contributed by atoms with Crippen LogP contribution in [0.5, 0.6) is 0 Å². The molecular weight excluding hydrogens is 224 g/mol. The zero-order valence-corrected chi connectivity index (χ0v) is 10.2. The van der Waals surface area contributed by atoms with Gasteiger partial charge in [-0.2, -0.15) is 4.98 Å². The average molecular weight is 240 g/mol. The van der Waals surface area contributed by atoms with E-state index in [1.165, 1.54) is 19.3 Å². The highest BCUT2D eigenvalue weighted by atomic mass is 16.4. The van der Waals surface area contributed by atoms with Gasteiger partial charge in [-0.05, 0) is 55.1 Å². The summed E-state index contributed by atoms with van der Waals surface area (Å²) in [5.41, 5.74) is 1.84. The number of nitrogens with one attached hydrogen (secondary N) is 1. The summed E-state index contributed by atoms with van der Waals surface area (Å²) in [6, 6.07) is 9.33. The summed E-state index contributed by atoms with van der Waals surface area (Å²) in [4.78, 5) is 4.51.